The fourth-order valence-electron chi connectivity index (χ4n) is 2.64. The molecular weight excluding hydrogens is 346 g/mol. The largest absolute Gasteiger partial charge is 0.463 e. The Bertz CT molecular complexity index is 952. The van der Waals surface area contributed by atoms with E-state index in [1.54, 1.807) is 26.1 Å². The zero-order valence-corrected chi connectivity index (χ0v) is 15.4. The summed E-state index contributed by atoms with van der Waals surface area (Å²) in [6.07, 6.45) is 1.40. The second kappa shape index (κ2) is 7.94. The van der Waals surface area contributed by atoms with Gasteiger partial charge in [-0.25, -0.2) is 9.50 Å². The third kappa shape index (κ3) is 4.46. The molecule has 1 aromatic carbocycles. The number of nitrogens with one attached hydrogen (secondary N) is 1. The highest BCUT2D eigenvalue weighted by Gasteiger charge is 2.23. The van der Waals surface area contributed by atoms with Crippen molar-refractivity contribution < 1.29 is 14.3 Å². The predicted molar refractivity (Wildman–Crippen MR) is 98.0 cm³/mol. The summed E-state index contributed by atoms with van der Waals surface area (Å²) in [5, 5.41) is 7.03. The molecule has 0 radical (unpaired) electrons. The van der Waals surface area contributed by atoms with Gasteiger partial charge >= 0.3 is 5.97 Å². The average Bonchev–Trinajstić information content (AvgIpc) is 3.07. The Morgan fingerprint density at radius 2 is 1.93 bits per heavy atom. The molecule has 1 atom stereocenters. The number of ether oxygens (including phenoxy) is 1. The van der Waals surface area contributed by atoms with Crippen molar-refractivity contribution in [2.45, 2.75) is 39.3 Å². The molecule has 1 N–H and O–H groups in total. The maximum absolute atomic E-state index is 12.7. The molecule has 0 fully saturated rings. The zero-order chi connectivity index (χ0) is 19.4. The monoisotopic (exact) mass is 367 g/mol. The fourth-order valence-corrected chi connectivity index (χ4v) is 2.64. The van der Waals surface area contributed by atoms with Crippen molar-refractivity contribution in [3.05, 3.63) is 59.7 Å². The smallest absolute Gasteiger partial charge is 0.308 e. The topological polar surface area (TPSA) is 98.5 Å². The minimum absolute atomic E-state index is 0.00467. The van der Waals surface area contributed by atoms with Crippen LogP contribution in [0.4, 0.5) is 0 Å². The molecule has 27 heavy (non-hydrogen) atoms. The first kappa shape index (κ1) is 18.5. The van der Waals surface area contributed by atoms with E-state index in [9.17, 15) is 9.59 Å². The highest BCUT2D eigenvalue weighted by atomic mass is 16.5. The van der Waals surface area contributed by atoms with Gasteiger partial charge in [0.2, 0.25) is 5.82 Å². The molecule has 0 saturated heterocycles. The molecule has 1 unspecified atom stereocenters. The van der Waals surface area contributed by atoms with Gasteiger partial charge in [-0.15, -0.1) is 5.10 Å². The lowest BCUT2D eigenvalue weighted by Crippen LogP contribution is -2.31. The number of rotatable bonds is 6. The summed E-state index contributed by atoms with van der Waals surface area (Å²) in [5.74, 6) is -0.531. The summed E-state index contributed by atoms with van der Waals surface area (Å²) in [6, 6.07) is 10.5. The number of carbonyl (C=O) groups excluding carboxylic acids is 2. The maximum Gasteiger partial charge on any atom is 0.308 e. The van der Waals surface area contributed by atoms with Crippen molar-refractivity contribution in [1.29, 1.82) is 0 Å². The quantitative estimate of drug-likeness (QED) is 0.671. The van der Waals surface area contributed by atoms with Gasteiger partial charge in [-0.05, 0) is 32.4 Å². The summed E-state index contributed by atoms with van der Waals surface area (Å²) in [7, 11) is 0. The van der Waals surface area contributed by atoms with Crippen LogP contribution in [-0.2, 0) is 9.53 Å². The predicted octanol–water partition coefficient (Wildman–Crippen LogP) is 2.25. The van der Waals surface area contributed by atoms with Gasteiger partial charge in [0.25, 0.3) is 11.7 Å². The van der Waals surface area contributed by atoms with Crippen molar-refractivity contribution in [2.24, 2.45) is 0 Å². The first-order valence-corrected chi connectivity index (χ1v) is 8.67. The Hall–Kier alpha value is -3.29. The lowest BCUT2D eigenvalue weighted by molar-refractivity contribution is -0.147. The Morgan fingerprint density at radius 1 is 1.19 bits per heavy atom. The second-order valence-corrected chi connectivity index (χ2v) is 6.41. The van der Waals surface area contributed by atoms with E-state index in [1.807, 2.05) is 37.3 Å². The van der Waals surface area contributed by atoms with E-state index < -0.39 is 11.9 Å². The minimum atomic E-state index is -0.550. The van der Waals surface area contributed by atoms with Gasteiger partial charge in [-0.3, -0.25) is 9.59 Å². The van der Waals surface area contributed by atoms with Crippen LogP contribution in [0.15, 0.2) is 42.6 Å². The maximum atomic E-state index is 12.7. The summed E-state index contributed by atoms with van der Waals surface area (Å²) in [4.78, 5) is 33.1. The van der Waals surface area contributed by atoms with Crippen LogP contribution in [0.3, 0.4) is 0 Å². The highest BCUT2D eigenvalue weighted by molar-refractivity contribution is 5.91. The van der Waals surface area contributed by atoms with Crippen molar-refractivity contribution >= 4 is 17.7 Å². The van der Waals surface area contributed by atoms with Gasteiger partial charge in [-0.2, -0.15) is 4.98 Å². The Labute approximate surface area is 156 Å². The van der Waals surface area contributed by atoms with Crippen LogP contribution in [-0.4, -0.2) is 37.6 Å². The molecule has 8 heteroatoms. The number of hydrogen-bond acceptors (Lipinski definition) is 6. The van der Waals surface area contributed by atoms with Gasteiger partial charge < -0.3 is 10.1 Å². The molecule has 140 valence electrons. The molecule has 3 aromatic rings. The van der Waals surface area contributed by atoms with E-state index >= 15 is 0 Å². The number of hydrogen-bond donors (Lipinski definition) is 1. The number of aromatic nitrogens is 4. The van der Waals surface area contributed by atoms with E-state index in [-0.39, 0.29) is 24.3 Å². The number of benzene rings is 1. The highest BCUT2D eigenvalue weighted by Crippen LogP contribution is 2.18. The van der Waals surface area contributed by atoms with Gasteiger partial charge in [-0.1, -0.05) is 30.3 Å². The summed E-state index contributed by atoms with van der Waals surface area (Å²) in [5.41, 5.74) is 1.61. The average molecular weight is 367 g/mol. The third-order valence-electron chi connectivity index (χ3n) is 3.88. The van der Waals surface area contributed by atoms with Crippen molar-refractivity contribution in [3.8, 4) is 0 Å². The molecule has 0 spiro atoms. The van der Waals surface area contributed by atoms with E-state index in [0.29, 0.717) is 5.78 Å². The number of amides is 1. The molecule has 0 aliphatic carbocycles. The summed E-state index contributed by atoms with van der Waals surface area (Å²) >= 11 is 0. The van der Waals surface area contributed by atoms with Crippen LogP contribution in [0.1, 0.15) is 48.2 Å². The number of fused-ring (bicyclic) bond motifs is 1. The van der Waals surface area contributed by atoms with Gasteiger partial charge in [0, 0.05) is 11.9 Å². The van der Waals surface area contributed by atoms with E-state index in [4.69, 9.17) is 4.74 Å². The molecular formula is C19H21N5O3. The fraction of sp³-hybridized carbons (Fsp3) is 0.316. The molecule has 2 heterocycles. The van der Waals surface area contributed by atoms with Gasteiger partial charge in [0.05, 0.1) is 18.6 Å². The van der Waals surface area contributed by atoms with Gasteiger partial charge in [0.15, 0.2) is 0 Å². The van der Waals surface area contributed by atoms with Crippen LogP contribution in [0, 0.1) is 6.92 Å². The number of carbonyl (C=O) groups is 2. The number of aryl methyl sites for hydroxylation is 1. The third-order valence-corrected chi connectivity index (χ3v) is 3.88. The molecule has 3 rings (SSSR count). The standard InChI is InChI=1S/C19H21N5O3/c1-12(2)27-16(25)11-15(14-7-5-4-6-8-14)21-18(26)17-22-19-20-10-9-13(3)24(19)23-17/h4-10,12,15H,11H2,1-3H3,(H,21,26). The Kier molecular flexibility index (Phi) is 5.44. The van der Waals surface area contributed by atoms with Crippen LogP contribution in [0.2, 0.25) is 0 Å². The Morgan fingerprint density at radius 3 is 2.59 bits per heavy atom. The number of nitrogens with zero attached hydrogens (tertiary/aromatic N) is 4. The SMILES string of the molecule is Cc1ccnc2nc(C(=O)NC(CC(=O)OC(C)C)c3ccccc3)nn12. The first-order chi connectivity index (χ1) is 12.9. The normalized spacial score (nSPS) is 12.1. The van der Waals surface area contributed by atoms with Crippen LogP contribution in [0.25, 0.3) is 5.78 Å². The van der Waals surface area contributed by atoms with Crippen LogP contribution in [0.5, 0.6) is 0 Å². The molecule has 0 bridgehead atoms. The molecule has 2 aromatic heterocycles. The van der Waals surface area contributed by atoms with Crippen molar-refractivity contribution in [3.63, 3.8) is 0 Å². The van der Waals surface area contributed by atoms with E-state index in [2.05, 4.69) is 20.4 Å². The molecule has 0 aliphatic heterocycles. The van der Waals surface area contributed by atoms with E-state index in [1.165, 1.54) is 4.52 Å². The van der Waals surface area contributed by atoms with Crippen molar-refractivity contribution in [2.75, 3.05) is 0 Å². The zero-order valence-electron chi connectivity index (χ0n) is 15.4. The minimum Gasteiger partial charge on any atom is -0.463 e. The molecule has 8 nitrogen and oxygen atoms in total. The summed E-state index contributed by atoms with van der Waals surface area (Å²) in [6.45, 7) is 5.41. The molecule has 0 aliphatic rings. The van der Waals surface area contributed by atoms with Crippen LogP contribution < -0.4 is 5.32 Å². The van der Waals surface area contributed by atoms with Gasteiger partial charge in [0.1, 0.15) is 0 Å². The second-order valence-electron chi connectivity index (χ2n) is 6.41. The summed E-state index contributed by atoms with van der Waals surface area (Å²) < 4.78 is 6.72. The lowest BCUT2D eigenvalue weighted by Gasteiger charge is -2.18. The van der Waals surface area contributed by atoms with E-state index in [0.717, 1.165) is 11.3 Å². The Balaban J connectivity index is 1.82. The molecule has 0 saturated carbocycles. The number of esters is 1. The van der Waals surface area contributed by atoms with Crippen LogP contribution >= 0.6 is 0 Å². The van der Waals surface area contributed by atoms with Crippen molar-refractivity contribution in [1.82, 2.24) is 24.9 Å². The lowest BCUT2D eigenvalue weighted by atomic mass is 10.0. The first-order valence-electron chi connectivity index (χ1n) is 8.67. The molecule has 1 amide bonds.